The molecule has 1 amide bonds. The van der Waals surface area contributed by atoms with Crippen LogP contribution >= 0.6 is 0 Å². The number of nitrogens with zero attached hydrogens (tertiary/aromatic N) is 3. The third-order valence-corrected chi connectivity index (χ3v) is 7.25. The first kappa shape index (κ1) is 20.5. The molecule has 8 nitrogen and oxygen atoms in total. The minimum Gasteiger partial charge on any atom is -0.355 e. The van der Waals surface area contributed by atoms with Gasteiger partial charge in [0.25, 0.3) is 0 Å². The summed E-state index contributed by atoms with van der Waals surface area (Å²) in [6.45, 7) is 2.61. The zero-order chi connectivity index (χ0) is 21.0. The largest absolute Gasteiger partial charge is 0.355 e. The quantitative estimate of drug-likeness (QED) is 0.591. The Hall–Kier alpha value is -2.75. The third kappa shape index (κ3) is 4.53. The Kier molecular flexibility index (Phi) is 6.12. The standard InChI is InChI=1S/C21H25N5O3S/c27-20(22-10-8-17-5-2-1-3-6-17)16-25-11-13-26(14-12-25)30(28,29)19-15-24-21-18(19)7-4-9-23-21/h1-7,9,15H,8,10-14,16H2,(H,22,27)(H,23,24). The van der Waals surface area contributed by atoms with Gasteiger partial charge in [0.15, 0.2) is 0 Å². The number of fused-ring (bicyclic) bond motifs is 1. The van der Waals surface area contributed by atoms with Crippen molar-refractivity contribution in [3.8, 4) is 0 Å². The van der Waals surface area contributed by atoms with E-state index in [4.69, 9.17) is 0 Å². The molecule has 1 fully saturated rings. The topological polar surface area (TPSA) is 98.4 Å². The van der Waals surface area contributed by atoms with Crippen molar-refractivity contribution < 1.29 is 13.2 Å². The van der Waals surface area contributed by atoms with Gasteiger partial charge >= 0.3 is 0 Å². The number of aromatic amines is 1. The molecule has 2 aromatic heterocycles. The smallest absolute Gasteiger partial charge is 0.245 e. The number of hydrogen-bond donors (Lipinski definition) is 2. The molecule has 3 heterocycles. The molecule has 0 spiro atoms. The monoisotopic (exact) mass is 427 g/mol. The van der Waals surface area contributed by atoms with E-state index in [-0.39, 0.29) is 17.3 Å². The van der Waals surface area contributed by atoms with Gasteiger partial charge in [0, 0.05) is 50.5 Å². The summed E-state index contributed by atoms with van der Waals surface area (Å²) in [5.74, 6) is -0.0371. The molecule has 0 bridgehead atoms. The van der Waals surface area contributed by atoms with Gasteiger partial charge in [-0.15, -0.1) is 0 Å². The maximum absolute atomic E-state index is 13.0. The van der Waals surface area contributed by atoms with Crippen LogP contribution in [-0.4, -0.2) is 72.8 Å². The van der Waals surface area contributed by atoms with Crippen LogP contribution in [0.4, 0.5) is 0 Å². The average molecular weight is 428 g/mol. The Morgan fingerprint density at radius 1 is 1.07 bits per heavy atom. The van der Waals surface area contributed by atoms with Gasteiger partial charge in [-0.05, 0) is 24.1 Å². The fourth-order valence-electron chi connectivity index (χ4n) is 3.66. The summed E-state index contributed by atoms with van der Waals surface area (Å²) in [5.41, 5.74) is 1.74. The number of rotatable bonds is 7. The predicted octanol–water partition coefficient (Wildman–Crippen LogP) is 1.23. The second-order valence-corrected chi connectivity index (χ2v) is 9.22. The summed E-state index contributed by atoms with van der Waals surface area (Å²) < 4.78 is 27.6. The van der Waals surface area contributed by atoms with Gasteiger partial charge in [0.2, 0.25) is 15.9 Å². The lowest BCUT2D eigenvalue weighted by molar-refractivity contribution is -0.122. The Labute approximate surface area is 176 Å². The van der Waals surface area contributed by atoms with Gasteiger partial charge in [-0.3, -0.25) is 9.69 Å². The number of hydrogen-bond acceptors (Lipinski definition) is 5. The van der Waals surface area contributed by atoms with Crippen LogP contribution in [0.2, 0.25) is 0 Å². The Balaban J connectivity index is 1.28. The number of piperazine rings is 1. The maximum atomic E-state index is 13.0. The molecular formula is C21H25N5O3S. The Bertz CT molecular complexity index is 1110. The van der Waals surface area contributed by atoms with E-state index in [1.807, 2.05) is 35.2 Å². The Morgan fingerprint density at radius 3 is 2.60 bits per heavy atom. The number of carbonyl (C=O) groups is 1. The van der Waals surface area contributed by atoms with E-state index >= 15 is 0 Å². The molecule has 3 aromatic rings. The summed E-state index contributed by atoms with van der Waals surface area (Å²) in [6.07, 6.45) is 3.91. The zero-order valence-electron chi connectivity index (χ0n) is 16.6. The van der Waals surface area contributed by atoms with Crippen molar-refractivity contribution in [2.75, 3.05) is 39.3 Å². The lowest BCUT2D eigenvalue weighted by Crippen LogP contribution is -2.51. The Morgan fingerprint density at radius 2 is 1.83 bits per heavy atom. The highest BCUT2D eigenvalue weighted by molar-refractivity contribution is 7.89. The number of sulfonamides is 1. The van der Waals surface area contributed by atoms with Crippen LogP contribution in [0.5, 0.6) is 0 Å². The second kappa shape index (κ2) is 8.95. The fraction of sp³-hybridized carbons (Fsp3) is 0.333. The summed E-state index contributed by atoms with van der Waals surface area (Å²) in [6, 6.07) is 13.5. The van der Waals surface area contributed by atoms with E-state index in [0.29, 0.717) is 43.8 Å². The highest BCUT2D eigenvalue weighted by atomic mass is 32.2. The van der Waals surface area contributed by atoms with Gasteiger partial charge < -0.3 is 10.3 Å². The van der Waals surface area contributed by atoms with E-state index < -0.39 is 10.0 Å². The summed E-state index contributed by atoms with van der Waals surface area (Å²) in [5, 5.41) is 3.53. The average Bonchev–Trinajstić information content (AvgIpc) is 3.20. The lowest BCUT2D eigenvalue weighted by Gasteiger charge is -2.33. The molecule has 158 valence electrons. The van der Waals surface area contributed by atoms with Gasteiger partial charge in [-0.2, -0.15) is 4.31 Å². The molecule has 0 saturated carbocycles. The van der Waals surface area contributed by atoms with Crippen LogP contribution in [0.15, 0.2) is 59.8 Å². The van der Waals surface area contributed by atoms with Gasteiger partial charge in [0.1, 0.15) is 10.5 Å². The molecular weight excluding hydrogens is 402 g/mol. The molecule has 0 radical (unpaired) electrons. The van der Waals surface area contributed by atoms with E-state index in [2.05, 4.69) is 15.3 Å². The summed E-state index contributed by atoms with van der Waals surface area (Å²) >= 11 is 0. The predicted molar refractivity (Wildman–Crippen MR) is 114 cm³/mol. The van der Waals surface area contributed by atoms with E-state index in [1.165, 1.54) is 16.1 Å². The third-order valence-electron chi connectivity index (χ3n) is 5.31. The number of nitrogens with one attached hydrogen (secondary N) is 2. The van der Waals surface area contributed by atoms with Gasteiger partial charge in [-0.1, -0.05) is 30.3 Å². The highest BCUT2D eigenvalue weighted by Crippen LogP contribution is 2.25. The van der Waals surface area contributed by atoms with Crippen molar-refractivity contribution >= 4 is 27.0 Å². The van der Waals surface area contributed by atoms with Crippen LogP contribution < -0.4 is 5.32 Å². The molecule has 1 saturated heterocycles. The number of aromatic nitrogens is 2. The zero-order valence-corrected chi connectivity index (χ0v) is 17.4. The minimum atomic E-state index is -3.61. The molecule has 0 atom stereocenters. The van der Waals surface area contributed by atoms with Crippen molar-refractivity contribution in [3.63, 3.8) is 0 Å². The van der Waals surface area contributed by atoms with E-state index in [1.54, 1.807) is 18.3 Å². The van der Waals surface area contributed by atoms with E-state index in [9.17, 15) is 13.2 Å². The molecule has 1 aliphatic heterocycles. The van der Waals surface area contributed by atoms with Crippen LogP contribution in [0, 0.1) is 0 Å². The lowest BCUT2D eigenvalue weighted by atomic mass is 10.1. The molecule has 1 aromatic carbocycles. The van der Waals surface area contributed by atoms with Crippen molar-refractivity contribution in [1.29, 1.82) is 0 Å². The van der Waals surface area contributed by atoms with Crippen molar-refractivity contribution in [2.45, 2.75) is 11.3 Å². The number of pyridine rings is 1. The van der Waals surface area contributed by atoms with Crippen molar-refractivity contribution in [1.82, 2.24) is 24.5 Å². The number of H-pyrrole nitrogens is 1. The summed E-state index contributed by atoms with van der Waals surface area (Å²) in [4.78, 5) is 21.5. The van der Waals surface area contributed by atoms with Gasteiger partial charge in [0.05, 0.1) is 6.54 Å². The molecule has 4 rings (SSSR count). The minimum absolute atomic E-state index is 0.0371. The number of benzene rings is 1. The first-order valence-electron chi connectivity index (χ1n) is 9.99. The summed E-state index contributed by atoms with van der Waals surface area (Å²) in [7, 11) is -3.61. The number of carbonyl (C=O) groups excluding carboxylic acids is 1. The fourth-order valence-corrected chi connectivity index (χ4v) is 5.23. The molecule has 30 heavy (non-hydrogen) atoms. The van der Waals surface area contributed by atoms with Crippen LogP contribution in [0.1, 0.15) is 5.56 Å². The first-order chi connectivity index (χ1) is 14.5. The van der Waals surface area contributed by atoms with Gasteiger partial charge in [-0.25, -0.2) is 13.4 Å². The molecule has 0 unspecified atom stereocenters. The second-order valence-electron chi connectivity index (χ2n) is 7.32. The van der Waals surface area contributed by atoms with Crippen LogP contribution in [-0.2, 0) is 21.2 Å². The maximum Gasteiger partial charge on any atom is 0.245 e. The van der Waals surface area contributed by atoms with E-state index in [0.717, 1.165) is 6.42 Å². The van der Waals surface area contributed by atoms with Crippen molar-refractivity contribution in [2.24, 2.45) is 0 Å². The molecule has 1 aliphatic rings. The first-order valence-corrected chi connectivity index (χ1v) is 11.4. The van der Waals surface area contributed by atoms with Crippen molar-refractivity contribution in [3.05, 3.63) is 60.4 Å². The molecule has 9 heteroatoms. The SMILES string of the molecule is O=C(CN1CCN(S(=O)(=O)c2c[nH]c3ncccc23)CC1)NCCc1ccccc1. The highest BCUT2D eigenvalue weighted by Gasteiger charge is 2.31. The van der Waals surface area contributed by atoms with Crippen LogP contribution in [0.3, 0.4) is 0 Å². The van der Waals surface area contributed by atoms with Crippen LogP contribution in [0.25, 0.3) is 11.0 Å². The molecule has 0 aliphatic carbocycles. The number of amides is 1. The molecule has 2 N–H and O–H groups in total. The normalized spacial score (nSPS) is 16.0.